The second-order valence-electron chi connectivity index (χ2n) is 5.00. The zero-order valence-electron chi connectivity index (χ0n) is 15.7. The second-order valence-corrected chi connectivity index (χ2v) is 6.55. The summed E-state index contributed by atoms with van der Waals surface area (Å²) < 4.78 is 19.3. The Balaban J connectivity index is 0.00000126. The number of anilines is 1. The third kappa shape index (κ3) is 4.11. The molecule has 3 heterocycles. The number of nitrogens with two attached hydrogens (primary N) is 1. The van der Waals surface area contributed by atoms with Crippen molar-refractivity contribution in [1.29, 1.82) is 0 Å². The number of hydrogen-bond acceptors (Lipinski definition) is 7. The van der Waals surface area contributed by atoms with Gasteiger partial charge in [0.2, 0.25) is 11.7 Å². The van der Waals surface area contributed by atoms with Crippen LogP contribution in [0.15, 0.2) is 21.3 Å². The molecule has 0 aliphatic rings. The zero-order valence-corrected chi connectivity index (χ0v) is 18.9. The molecule has 0 radical (unpaired) electrons. The molecule has 0 fully saturated rings. The molecule has 3 aromatic rings. The molecule has 27 heavy (non-hydrogen) atoms. The molecule has 0 saturated carbocycles. The fraction of sp³-hybridized carbons (Fsp3) is 0.353. The molecule has 0 aliphatic carbocycles. The zero-order chi connectivity index (χ0) is 20.1. The Morgan fingerprint density at radius 2 is 1.67 bits per heavy atom. The van der Waals surface area contributed by atoms with Crippen molar-refractivity contribution >= 4 is 48.8 Å². The van der Waals surface area contributed by atoms with Gasteiger partial charge in [-0.15, -0.1) is 0 Å². The molecule has 0 aliphatic heterocycles. The summed E-state index contributed by atoms with van der Waals surface area (Å²) in [7, 11) is 4.62. The minimum Gasteiger partial charge on any atom is -0.492 e. The number of halogens is 2. The molecule has 0 spiro atoms. The maximum absolute atomic E-state index is 5.76. The van der Waals surface area contributed by atoms with Crippen molar-refractivity contribution in [2.24, 2.45) is 0 Å². The van der Waals surface area contributed by atoms with Crippen molar-refractivity contribution in [3.8, 4) is 17.4 Å². The second kappa shape index (κ2) is 9.23. The first-order chi connectivity index (χ1) is 13.0. The van der Waals surface area contributed by atoms with Crippen LogP contribution in [0.4, 0.5) is 5.95 Å². The van der Waals surface area contributed by atoms with Gasteiger partial charge in [-0.2, -0.15) is 4.98 Å². The first-order valence-corrected chi connectivity index (χ1v) is 9.70. The van der Waals surface area contributed by atoms with E-state index in [9.17, 15) is 0 Å². The predicted molar refractivity (Wildman–Crippen MR) is 112 cm³/mol. The van der Waals surface area contributed by atoms with Gasteiger partial charge in [0.05, 0.1) is 43.4 Å². The fourth-order valence-corrected chi connectivity index (χ4v) is 3.54. The Hall–Kier alpha value is -2.07. The Labute approximate surface area is 174 Å². The van der Waals surface area contributed by atoms with E-state index in [1.54, 1.807) is 7.11 Å². The number of methoxy groups -OCH3 is 3. The summed E-state index contributed by atoms with van der Waals surface area (Å²) in [5, 5.41) is 0.859. The fourth-order valence-electron chi connectivity index (χ4n) is 2.49. The van der Waals surface area contributed by atoms with Crippen LogP contribution in [-0.4, -0.2) is 40.8 Å². The largest absolute Gasteiger partial charge is 0.492 e. The van der Waals surface area contributed by atoms with Crippen LogP contribution >= 0.6 is 31.9 Å². The van der Waals surface area contributed by atoms with E-state index in [2.05, 4.69) is 46.8 Å². The van der Waals surface area contributed by atoms with Gasteiger partial charge < -0.3 is 24.5 Å². The lowest BCUT2D eigenvalue weighted by Gasteiger charge is -2.16. The molecule has 0 aromatic carbocycles. The van der Waals surface area contributed by atoms with Gasteiger partial charge in [-0.25, -0.2) is 9.97 Å². The molecule has 0 bridgehead atoms. The number of rotatable bonds is 5. The highest BCUT2D eigenvalue weighted by molar-refractivity contribution is 9.11. The summed E-state index contributed by atoms with van der Waals surface area (Å²) >= 11 is 6.93. The standard InChI is InChI=1S/C15H15Br2N5O3.C2H6/c1-23-10-9(16)8(19-14(25-3)11(10)24-2)6-22-5-4-7-12(17)20-15(18)21-13(7)22;1-2/h4-5H,6H2,1-3H3,(H2,18,20,21);1-2H3. The summed E-state index contributed by atoms with van der Waals surface area (Å²) in [5.74, 6) is 1.46. The van der Waals surface area contributed by atoms with E-state index < -0.39 is 0 Å². The van der Waals surface area contributed by atoms with Crippen LogP contribution in [0.2, 0.25) is 0 Å². The summed E-state index contributed by atoms with van der Waals surface area (Å²) in [6.45, 7) is 4.42. The number of pyridine rings is 1. The molecule has 0 atom stereocenters. The van der Waals surface area contributed by atoms with Gasteiger partial charge in [-0.1, -0.05) is 13.8 Å². The molecule has 0 saturated heterocycles. The van der Waals surface area contributed by atoms with Crippen LogP contribution in [-0.2, 0) is 6.54 Å². The van der Waals surface area contributed by atoms with E-state index in [4.69, 9.17) is 19.9 Å². The number of fused-ring (bicyclic) bond motifs is 1. The Morgan fingerprint density at radius 3 is 2.26 bits per heavy atom. The number of aromatic nitrogens is 4. The van der Waals surface area contributed by atoms with Gasteiger partial charge in [0.25, 0.3) is 5.88 Å². The van der Waals surface area contributed by atoms with E-state index in [0.717, 1.165) is 5.39 Å². The minimum absolute atomic E-state index is 0.191. The number of hydrogen-bond donors (Lipinski definition) is 1. The van der Waals surface area contributed by atoms with E-state index in [-0.39, 0.29) is 5.95 Å². The monoisotopic (exact) mass is 501 g/mol. The maximum Gasteiger partial charge on any atom is 0.261 e. The lowest BCUT2D eigenvalue weighted by Crippen LogP contribution is -2.07. The highest BCUT2D eigenvalue weighted by atomic mass is 79.9. The highest BCUT2D eigenvalue weighted by Gasteiger charge is 2.21. The minimum atomic E-state index is 0.191. The molecule has 0 amide bonds. The molecule has 3 rings (SSSR count). The van der Waals surface area contributed by atoms with Crippen molar-refractivity contribution in [1.82, 2.24) is 19.5 Å². The molecular formula is C17H21Br2N5O3. The number of nitrogens with zero attached hydrogens (tertiary/aromatic N) is 4. The molecular weight excluding hydrogens is 482 g/mol. The molecule has 3 aromatic heterocycles. The van der Waals surface area contributed by atoms with Gasteiger partial charge in [0.15, 0.2) is 5.75 Å². The smallest absolute Gasteiger partial charge is 0.261 e. The van der Waals surface area contributed by atoms with Gasteiger partial charge in [0, 0.05) is 6.20 Å². The van der Waals surface area contributed by atoms with Crippen molar-refractivity contribution in [3.05, 3.63) is 27.0 Å². The average molecular weight is 503 g/mol. The Morgan fingerprint density at radius 1 is 1.00 bits per heavy atom. The summed E-state index contributed by atoms with van der Waals surface area (Å²) in [5.41, 5.74) is 7.15. The first kappa shape index (κ1) is 21.2. The van der Waals surface area contributed by atoms with E-state index in [1.807, 2.05) is 30.7 Å². The number of nitrogen functional groups attached to an aromatic ring is 1. The topological polar surface area (TPSA) is 97.3 Å². The first-order valence-electron chi connectivity index (χ1n) is 8.12. The number of ether oxygens (including phenoxy) is 3. The van der Waals surface area contributed by atoms with Crippen molar-refractivity contribution in [2.45, 2.75) is 20.4 Å². The van der Waals surface area contributed by atoms with Gasteiger partial charge >= 0.3 is 0 Å². The third-order valence-corrected chi connectivity index (χ3v) is 5.02. The van der Waals surface area contributed by atoms with E-state index in [1.165, 1.54) is 14.2 Å². The van der Waals surface area contributed by atoms with Gasteiger partial charge in [-0.05, 0) is 37.9 Å². The molecule has 8 nitrogen and oxygen atoms in total. The highest BCUT2D eigenvalue weighted by Crippen LogP contribution is 2.43. The maximum atomic E-state index is 5.76. The average Bonchev–Trinajstić information content (AvgIpc) is 3.07. The van der Waals surface area contributed by atoms with Crippen LogP contribution < -0.4 is 19.9 Å². The lowest BCUT2D eigenvalue weighted by molar-refractivity contribution is 0.313. The third-order valence-electron chi connectivity index (χ3n) is 3.60. The predicted octanol–water partition coefficient (Wildman–Crippen LogP) is 4.03. The summed E-state index contributed by atoms with van der Waals surface area (Å²) in [4.78, 5) is 12.9. The van der Waals surface area contributed by atoms with Crippen molar-refractivity contribution in [3.63, 3.8) is 0 Å². The SMILES string of the molecule is CC.COc1nc(Cn2ccc3c(Br)nc(N)nc32)c(Br)c(OC)c1OC. The van der Waals surface area contributed by atoms with Crippen LogP contribution in [0.25, 0.3) is 11.0 Å². The van der Waals surface area contributed by atoms with Crippen LogP contribution in [0.1, 0.15) is 19.5 Å². The van der Waals surface area contributed by atoms with Crippen molar-refractivity contribution < 1.29 is 14.2 Å². The molecule has 2 N–H and O–H groups in total. The summed E-state index contributed by atoms with van der Waals surface area (Å²) in [6, 6.07) is 1.91. The van der Waals surface area contributed by atoms with Gasteiger partial charge in [0.1, 0.15) is 10.3 Å². The Kier molecular flexibility index (Phi) is 7.25. The summed E-state index contributed by atoms with van der Waals surface area (Å²) in [6.07, 6.45) is 1.89. The van der Waals surface area contributed by atoms with Crippen LogP contribution in [0.3, 0.4) is 0 Å². The lowest BCUT2D eigenvalue weighted by atomic mass is 10.3. The van der Waals surface area contributed by atoms with Crippen LogP contribution in [0, 0.1) is 0 Å². The van der Waals surface area contributed by atoms with E-state index in [0.29, 0.717) is 44.3 Å². The molecule has 146 valence electrons. The van der Waals surface area contributed by atoms with Gasteiger partial charge in [-0.3, -0.25) is 0 Å². The van der Waals surface area contributed by atoms with Crippen molar-refractivity contribution in [2.75, 3.05) is 27.1 Å². The van der Waals surface area contributed by atoms with Crippen LogP contribution in [0.5, 0.6) is 17.4 Å². The molecule has 10 heteroatoms. The molecule has 0 unspecified atom stereocenters. The normalized spacial score (nSPS) is 10.3. The van der Waals surface area contributed by atoms with E-state index >= 15 is 0 Å². The quantitative estimate of drug-likeness (QED) is 0.526. The Bertz CT molecular complexity index is 946.